The molecule has 0 atom stereocenters. The molecule has 0 radical (unpaired) electrons. The third-order valence-corrected chi connectivity index (χ3v) is 5.84. The molecule has 0 fully saturated rings. The fraction of sp³-hybridized carbons (Fsp3) is 0.273. The zero-order chi connectivity index (χ0) is 22.3. The van der Waals surface area contributed by atoms with Crippen molar-refractivity contribution in [2.75, 3.05) is 27.2 Å². The molecule has 0 heterocycles. The van der Waals surface area contributed by atoms with E-state index in [0.29, 0.717) is 24.2 Å². The SMILES string of the molecule is C#CCNS(=O)(=O)c1ccc(C(=O)N(CC)Cc2ccc(C(=O)N(C)C)cc2)cc1. The van der Waals surface area contributed by atoms with E-state index in [1.165, 1.54) is 29.2 Å². The van der Waals surface area contributed by atoms with Gasteiger partial charge < -0.3 is 9.80 Å². The topological polar surface area (TPSA) is 86.8 Å². The first-order chi connectivity index (χ1) is 14.2. The van der Waals surface area contributed by atoms with Crippen molar-refractivity contribution >= 4 is 21.8 Å². The van der Waals surface area contributed by atoms with Crippen molar-refractivity contribution in [2.24, 2.45) is 0 Å². The van der Waals surface area contributed by atoms with E-state index in [2.05, 4.69) is 10.6 Å². The maximum atomic E-state index is 12.9. The number of nitrogens with zero attached hydrogens (tertiary/aromatic N) is 2. The third-order valence-electron chi connectivity index (χ3n) is 4.43. The Labute approximate surface area is 177 Å². The van der Waals surface area contributed by atoms with Crippen LogP contribution in [0.1, 0.15) is 33.2 Å². The van der Waals surface area contributed by atoms with Gasteiger partial charge in [0.25, 0.3) is 11.8 Å². The van der Waals surface area contributed by atoms with Crippen molar-refractivity contribution in [2.45, 2.75) is 18.4 Å². The maximum Gasteiger partial charge on any atom is 0.254 e. The number of amides is 2. The summed E-state index contributed by atoms with van der Waals surface area (Å²) < 4.78 is 26.5. The smallest absolute Gasteiger partial charge is 0.254 e. The van der Waals surface area contributed by atoms with Crippen LogP contribution < -0.4 is 4.72 Å². The van der Waals surface area contributed by atoms with Crippen LogP contribution in [0.5, 0.6) is 0 Å². The summed E-state index contributed by atoms with van der Waals surface area (Å²) in [5, 5.41) is 0. The summed E-state index contributed by atoms with van der Waals surface area (Å²) >= 11 is 0. The van der Waals surface area contributed by atoms with Crippen LogP contribution in [0.25, 0.3) is 0 Å². The largest absolute Gasteiger partial charge is 0.345 e. The quantitative estimate of drug-likeness (QED) is 0.653. The van der Waals surface area contributed by atoms with E-state index >= 15 is 0 Å². The van der Waals surface area contributed by atoms with Crippen LogP contribution in [0.3, 0.4) is 0 Å². The number of hydrogen-bond acceptors (Lipinski definition) is 4. The fourth-order valence-corrected chi connectivity index (χ4v) is 3.67. The number of carbonyl (C=O) groups excluding carboxylic acids is 2. The molecule has 2 rings (SSSR count). The molecule has 0 unspecified atom stereocenters. The lowest BCUT2D eigenvalue weighted by Gasteiger charge is -2.21. The second-order valence-corrected chi connectivity index (χ2v) is 8.54. The first-order valence-electron chi connectivity index (χ1n) is 9.32. The van der Waals surface area contributed by atoms with Crippen molar-refractivity contribution in [3.63, 3.8) is 0 Å². The second kappa shape index (κ2) is 10.1. The van der Waals surface area contributed by atoms with Crippen molar-refractivity contribution < 1.29 is 18.0 Å². The van der Waals surface area contributed by atoms with E-state index in [1.807, 2.05) is 19.1 Å². The molecule has 0 saturated heterocycles. The first kappa shape index (κ1) is 23.1. The highest BCUT2D eigenvalue weighted by Crippen LogP contribution is 2.15. The molecule has 0 aromatic heterocycles. The Bertz CT molecular complexity index is 1040. The number of nitrogens with one attached hydrogen (secondary N) is 1. The molecule has 1 N–H and O–H groups in total. The van der Waals surface area contributed by atoms with E-state index in [4.69, 9.17) is 6.42 Å². The van der Waals surface area contributed by atoms with Gasteiger partial charge in [0.1, 0.15) is 0 Å². The van der Waals surface area contributed by atoms with Crippen LogP contribution in [-0.2, 0) is 16.6 Å². The summed E-state index contributed by atoms with van der Waals surface area (Å²) in [4.78, 5) is 28.0. The summed E-state index contributed by atoms with van der Waals surface area (Å²) in [7, 11) is -0.325. The van der Waals surface area contributed by atoms with Gasteiger partial charge in [-0.2, -0.15) is 4.72 Å². The number of sulfonamides is 1. The van der Waals surface area contributed by atoms with Crippen LogP contribution in [0.2, 0.25) is 0 Å². The lowest BCUT2D eigenvalue weighted by Crippen LogP contribution is -2.30. The average Bonchev–Trinajstić information content (AvgIpc) is 2.75. The fourth-order valence-electron chi connectivity index (χ4n) is 2.74. The lowest BCUT2D eigenvalue weighted by atomic mass is 10.1. The highest BCUT2D eigenvalue weighted by molar-refractivity contribution is 7.89. The highest BCUT2D eigenvalue weighted by atomic mass is 32.2. The Balaban J connectivity index is 2.13. The highest BCUT2D eigenvalue weighted by Gasteiger charge is 2.18. The summed E-state index contributed by atoms with van der Waals surface area (Å²) in [6, 6.07) is 12.8. The normalized spacial score (nSPS) is 10.9. The van der Waals surface area contributed by atoms with Crippen molar-refractivity contribution in [3.8, 4) is 12.3 Å². The molecule has 2 amide bonds. The molecule has 0 spiro atoms. The molecule has 2 aromatic carbocycles. The molecule has 0 aliphatic carbocycles. The van der Waals surface area contributed by atoms with E-state index in [0.717, 1.165) is 5.56 Å². The van der Waals surface area contributed by atoms with E-state index in [9.17, 15) is 18.0 Å². The average molecular weight is 428 g/mol. The molecule has 0 aliphatic heterocycles. The van der Waals surface area contributed by atoms with Crippen molar-refractivity contribution in [1.82, 2.24) is 14.5 Å². The summed E-state index contributed by atoms with van der Waals surface area (Å²) in [6.07, 6.45) is 5.08. The minimum atomic E-state index is -3.70. The number of rotatable bonds is 8. The lowest BCUT2D eigenvalue weighted by molar-refractivity contribution is 0.0751. The Morgan fingerprint density at radius 3 is 2.00 bits per heavy atom. The van der Waals surface area contributed by atoms with Crippen LogP contribution in [0, 0.1) is 12.3 Å². The van der Waals surface area contributed by atoms with Crippen molar-refractivity contribution in [1.29, 1.82) is 0 Å². The van der Waals surface area contributed by atoms with Crippen LogP contribution in [0.15, 0.2) is 53.4 Å². The standard InChI is InChI=1S/C22H25N3O4S/c1-5-15-23-30(28,29)20-13-11-19(12-14-20)22(27)25(6-2)16-17-7-9-18(10-8-17)21(26)24(3)4/h1,7-14,23H,6,15-16H2,2-4H3. The number of terminal acetylenes is 1. The van der Waals surface area contributed by atoms with Crippen LogP contribution in [0.4, 0.5) is 0 Å². The van der Waals surface area contributed by atoms with Crippen molar-refractivity contribution in [3.05, 3.63) is 65.2 Å². The molecule has 0 aliphatic rings. The van der Waals surface area contributed by atoms with Gasteiger partial charge in [0.2, 0.25) is 10.0 Å². The van der Waals surface area contributed by atoms with Crippen LogP contribution in [-0.4, -0.2) is 57.2 Å². The molecule has 2 aromatic rings. The second-order valence-electron chi connectivity index (χ2n) is 6.77. The zero-order valence-corrected chi connectivity index (χ0v) is 18.1. The molecule has 7 nitrogen and oxygen atoms in total. The van der Waals surface area contributed by atoms with Crippen LogP contribution >= 0.6 is 0 Å². The van der Waals surface area contributed by atoms with Gasteiger partial charge in [0.15, 0.2) is 0 Å². The van der Waals surface area contributed by atoms with E-state index < -0.39 is 10.0 Å². The number of hydrogen-bond donors (Lipinski definition) is 1. The van der Waals surface area contributed by atoms with Gasteiger partial charge >= 0.3 is 0 Å². The molecule has 0 saturated carbocycles. The van der Waals surface area contributed by atoms with Gasteiger partial charge in [-0.05, 0) is 48.9 Å². The minimum Gasteiger partial charge on any atom is -0.345 e. The molecular weight excluding hydrogens is 402 g/mol. The van der Waals surface area contributed by atoms with E-state index in [-0.39, 0.29) is 23.3 Å². The predicted molar refractivity (Wildman–Crippen MR) is 115 cm³/mol. The summed E-state index contributed by atoms with van der Waals surface area (Å²) in [6.45, 7) is 2.60. The van der Waals surface area contributed by atoms with Gasteiger partial charge in [-0.1, -0.05) is 18.1 Å². The Morgan fingerprint density at radius 2 is 1.50 bits per heavy atom. The maximum absolute atomic E-state index is 12.9. The molecule has 8 heteroatoms. The van der Waals surface area contributed by atoms with Gasteiger partial charge in [-0.25, -0.2) is 8.42 Å². The molecular formula is C22H25N3O4S. The molecule has 158 valence electrons. The first-order valence-corrected chi connectivity index (χ1v) is 10.8. The van der Waals surface area contributed by atoms with Gasteiger partial charge in [0, 0.05) is 38.3 Å². The summed E-state index contributed by atoms with van der Waals surface area (Å²) in [5.41, 5.74) is 1.85. The number of carbonyl (C=O) groups is 2. The zero-order valence-electron chi connectivity index (χ0n) is 17.3. The Hall–Kier alpha value is -3.15. The molecule has 0 bridgehead atoms. The predicted octanol–water partition coefficient (Wildman–Crippen LogP) is 1.96. The van der Waals surface area contributed by atoms with E-state index in [1.54, 1.807) is 31.1 Å². The number of benzene rings is 2. The van der Waals surface area contributed by atoms with Gasteiger partial charge in [-0.3, -0.25) is 9.59 Å². The molecule has 30 heavy (non-hydrogen) atoms. The van der Waals surface area contributed by atoms with Gasteiger partial charge in [0.05, 0.1) is 11.4 Å². The van der Waals surface area contributed by atoms with Gasteiger partial charge in [-0.15, -0.1) is 6.42 Å². The summed E-state index contributed by atoms with van der Waals surface area (Å²) in [5.74, 6) is 1.91. The minimum absolute atomic E-state index is 0.0403. The monoisotopic (exact) mass is 427 g/mol. The Morgan fingerprint density at radius 1 is 0.967 bits per heavy atom. The third kappa shape index (κ3) is 5.69. The Kier molecular flexibility index (Phi) is 7.75.